The van der Waals surface area contributed by atoms with Gasteiger partial charge in [0.05, 0.1) is 0 Å². The van der Waals surface area contributed by atoms with Gasteiger partial charge < -0.3 is 4.74 Å². The second-order valence-corrected chi connectivity index (χ2v) is 2.51. The highest BCUT2D eigenvalue weighted by Gasteiger charge is 2.01. The van der Waals surface area contributed by atoms with Crippen LogP contribution in [0.4, 0.5) is 8.78 Å². The van der Waals surface area contributed by atoms with E-state index < -0.39 is 17.6 Å². The topological polar surface area (TPSA) is 50.1 Å². The minimum Gasteiger partial charge on any atom is -0.347 e. The van der Waals surface area contributed by atoms with E-state index in [2.05, 4.69) is 4.74 Å². The Kier molecular flexibility index (Phi) is 3.52. The number of hydrogen-bond acceptors (Lipinski definition) is 3. The van der Waals surface area contributed by atoms with E-state index in [0.717, 1.165) is 18.2 Å². The molecule has 0 fully saturated rings. The zero-order valence-corrected chi connectivity index (χ0v) is 7.41. The van der Waals surface area contributed by atoms with Crippen molar-refractivity contribution in [3.63, 3.8) is 0 Å². The lowest BCUT2D eigenvalue weighted by Gasteiger charge is -1.95. The van der Waals surface area contributed by atoms with Crippen molar-refractivity contribution < 1.29 is 18.3 Å². The summed E-state index contributed by atoms with van der Waals surface area (Å²) in [6, 6.07) is 2.91. The molecular formula is C10H5F2NO2. The Hall–Kier alpha value is -2.22. The second-order valence-electron chi connectivity index (χ2n) is 2.51. The normalized spacial score (nSPS) is 9.93. The van der Waals surface area contributed by atoms with Gasteiger partial charge in [-0.25, -0.2) is 13.6 Å². The highest BCUT2D eigenvalue weighted by atomic mass is 19.1. The van der Waals surface area contributed by atoms with Gasteiger partial charge in [-0.05, 0) is 18.2 Å². The molecule has 1 rings (SSSR count). The molecule has 1 aromatic carbocycles. The van der Waals surface area contributed by atoms with Gasteiger partial charge in [-0.1, -0.05) is 0 Å². The molecule has 0 heterocycles. The maximum atomic E-state index is 13.0. The van der Waals surface area contributed by atoms with Crippen LogP contribution in [0.25, 0.3) is 6.08 Å². The van der Waals surface area contributed by atoms with Gasteiger partial charge in [0.15, 0.2) is 0 Å². The van der Waals surface area contributed by atoms with Gasteiger partial charge in [0, 0.05) is 17.7 Å². The molecule has 0 aliphatic heterocycles. The number of carbonyl (C=O) groups excluding carboxylic acids is 1. The second kappa shape index (κ2) is 4.86. The Balaban J connectivity index is 2.82. The summed E-state index contributed by atoms with van der Waals surface area (Å²) in [4.78, 5) is 10.7. The van der Waals surface area contributed by atoms with Gasteiger partial charge in [0.25, 0.3) is 6.26 Å². The smallest absolute Gasteiger partial charge is 0.346 e. The lowest BCUT2D eigenvalue weighted by molar-refractivity contribution is -0.131. The SMILES string of the molecule is N#COC(=O)/C=C/c1ccc(F)cc1F. The fourth-order valence-corrected chi connectivity index (χ4v) is 0.873. The Morgan fingerprint density at radius 1 is 1.47 bits per heavy atom. The molecule has 0 amide bonds. The van der Waals surface area contributed by atoms with Gasteiger partial charge >= 0.3 is 5.97 Å². The molecule has 15 heavy (non-hydrogen) atoms. The van der Waals surface area contributed by atoms with Gasteiger partial charge in [-0.2, -0.15) is 0 Å². The number of nitrogens with zero attached hydrogens (tertiary/aromatic N) is 1. The summed E-state index contributed by atoms with van der Waals surface area (Å²) in [7, 11) is 0. The summed E-state index contributed by atoms with van der Waals surface area (Å²) < 4.78 is 29.4. The first-order valence-corrected chi connectivity index (χ1v) is 3.86. The highest BCUT2D eigenvalue weighted by molar-refractivity contribution is 5.87. The van der Waals surface area contributed by atoms with Crippen LogP contribution in [0.15, 0.2) is 24.3 Å². The molecule has 1 aromatic rings. The zero-order valence-electron chi connectivity index (χ0n) is 7.41. The third-order valence-electron chi connectivity index (χ3n) is 1.51. The first-order valence-electron chi connectivity index (χ1n) is 3.86. The number of halogens is 2. The molecule has 3 nitrogen and oxygen atoms in total. The van der Waals surface area contributed by atoms with Gasteiger partial charge in [0.1, 0.15) is 11.6 Å². The predicted molar refractivity (Wildman–Crippen MR) is 47.1 cm³/mol. The number of rotatable bonds is 2. The van der Waals surface area contributed by atoms with Crippen LogP contribution in [0.5, 0.6) is 0 Å². The highest BCUT2D eigenvalue weighted by Crippen LogP contribution is 2.10. The van der Waals surface area contributed by atoms with Crippen molar-refractivity contribution in [2.45, 2.75) is 0 Å². The molecule has 0 saturated heterocycles. The summed E-state index contributed by atoms with van der Waals surface area (Å²) in [6.07, 6.45) is 3.14. The summed E-state index contributed by atoms with van der Waals surface area (Å²) in [6.45, 7) is 0. The largest absolute Gasteiger partial charge is 0.347 e. The molecule has 76 valence electrons. The molecule has 0 aromatic heterocycles. The molecule has 5 heteroatoms. The average Bonchev–Trinajstić information content (AvgIpc) is 2.17. The monoisotopic (exact) mass is 209 g/mol. The quantitative estimate of drug-likeness (QED) is 0.425. The van der Waals surface area contributed by atoms with Crippen LogP contribution in [0, 0.1) is 23.2 Å². The van der Waals surface area contributed by atoms with E-state index in [4.69, 9.17) is 5.26 Å². The average molecular weight is 209 g/mol. The van der Waals surface area contributed by atoms with Crippen LogP contribution in [0.3, 0.4) is 0 Å². The lowest BCUT2D eigenvalue weighted by Crippen LogP contribution is -1.93. The van der Waals surface area contributed by atoms with Crippen molar-refractivity contribution >= 4 is 12.0 Å². The van der Waals surface area contributed by atoms with Crippen LogP contribution in [0.1, 0.15) is 5.56 Å². The molecule has 0 radical (unpaired) electrons. The van der Waals surface area contributed by atoms with E-state index in [-0.39, 0.29) is 5.56 Å². The molecule has 0 spiro atoms. The summed E-state index contributed by atoms with van der Waals surface area (Å²) >= 11 is 0. The van der Waals surface area contributed by atoms with Crippen LogP contribution >= 0.6 is 0 Å². The Morgan fingerprint density at radius 2 is 2.20 bits per heavy atom. The number of carbonyl (C=O) groups is 1. The van der Waals surface area contributed by atoms with E-state index in [1.54, 1.807) is 0 Å². The van der Waals surface area contributed by atoms with Crippen molar-refractivity contribution in [2.75, 3.05) is 0 Å². The molecule has 0 unspecified atom stereocenters. The molecular weight excluding hydrogens is 204 g/mol. The molecule has 0 N–H and O–H groups in total. The number of hydrogen-bond donors (Lipinski definition) is 0. The van der Waals surface area contributed by atoms with E-state index in [0.29, 0.717) is 6.07 Å². The Morgan fingerprint density at radius 3 is 2.80 bits per heavy atom. The minimum atomic E-state index is -0.916. The molecule has 0 aliphatic carbocycles. The van der Waals surface area contributed by atoms with Crippen molar-refractivity contribution in [2.24, 2.45) is 0 Å². The number of ether oxygens (including phenoxy) is 1. The fraction of sp³-hybridized carbons (Fsp3) is 0. The van der Waals surface area contributed by atoms with Crippen molar-refractivity contribution in [3.8, 4) is 6.26 Å². The van der Waals surface area contributed by atoms with Crippen LogP contribution in [0.2, 0.25) is 0 Å². The first kappa shape index (κ1) is 10.9. The Bertz CT molecular complexity index is 449. The zero-order chi connectivity index (χ0) is 11.3. The Labute approximate surface area is 84.2 Å². The van der Waals surface area contributed by atoms with Gasteiger partial charge in [-0.3, -0.25) is 0 Å². The van der Waals surface area contributed by atoms with Crippen LogP contribution in [-0.4, -0.2) is 5.97 Å². The van der Waals surface area contributed by atoms with Crippen LogP contribution in [-0.2, 0) is 9.53 Å². The van der Waals surface area contributed by atoms with Crippen molar-refractivity contribution in [3.05, 3.63) is 41.5 Å². The summed E-state index contributed by atoms with van der Waals surface area (Å²) in [5.41, 5.74) is 0.0336. The summed E-state index contributed by atoms with van der Waals surface area (Å²) in [5.74, 6) is -2.42. The van der Waals surface area contributed by atoms with Crippen molar-refractivity contribution in [1.29, 1.82) is 5.26 Å². The minimum absolute atomic E-state index is 0.0336. The molecule has 0 saturated carbocycles. The van der Waals surface area contributed by atoms with Gasteiger partial charge in [0.2, 0.25) is 0 Å². The first-order chi connectivity index (χ1) is 7.13. The maximum Gasteiger partial charge on any atom is 0.346 e. The maximum absolute atomic E-state index is 13.0. The fourth-order valence-electron chi connectivity index (χ4n) is 0.873. The summed E-state index contributed by atoms with van der Waals surface area (Å²) in [5, 5.41) is 7.97. The predicted octanol–water partition coefficient (Wildman–Crippen LogP) is 2.00. The van der Waals surface area contributed by atoms with E-state index in [9.17, 15) is 13.6 Å². The molecule has 0 atom stereocenters. The van der Waals surface area contributed by atoms with Gasteiger partial charge in [-0.15, -0.1) is 5.26 Å². The van der Waals surface area contributed by atoms with Crippen molar-refractivity contribution in [1.82, 2.24) is 0 Å². The third kappa shape index (κ3) is 3.19. The van der Waals surface area contributed by atoms with E-state index >= 15 is 0 Å². The van der Waals surface area contributed by atoms with E-state index in [1.807, 2.05) is 0 Å². The molecule has 0 bridgehead atoms. The van der Waals surface area contributed by atoms with E-state index in [1.165, 1.54) is 12.3 Å². The number of benzene rings is 1. The third-order valence-corrected chi connectivity index (χ3v) is 1.51. The standard InChI is InChI=1S/C10H5F2NO2/c11-8-3-1-7(9(12)5-8)2-4-10(14)15-6-13/h1-5H/b4-2+. The lowest BCUT2D eigenvalue weighted by atomic mass is 10.2. The molecule has 0 aliphatic rings. The van der Waals surface area contributed by atoms with Crippen LogP contribution < -0.4 is 0 Å². The number of esters is 1. The number of nitriles is 1.